The smallest absolute Gasteiger partial charge is 0.152 e. The summed E-state index contributed by atoms with van der Waals surface area (Å²) in [6.45, 7) is 2.58. The van der Waals surface area contributed by atoms with E-state index in [4.69, 9.17) is 11.6 Å². The van der Waals surface area contributed by atoms with Crippen molar-refractivity contribution in [1.29, 1.82) is 0 Å². The number of rotatable bonds is 4. The highest BCUT2D eigenvalue weighted by molar-refractivity contribution is 6.30. The lowest BCUT2D eigenvalue weighted by atomic mass is 9.97. The first kappa shape index (κ1) is 16.1. The van der Waals surface area contributed by atoms with Gasteiger partial charge in [0.15, 0.2) is 5.82 Å². The minimum atomic E-state index is 0.347. The highest BCUT2D eigenvalue weighted by Gasteiger charge is 2.26. The number of hydrogen-bond acceptors (Lipinski definition) is 5. The fourth-order valence-electron chi connectivity index (χ4n) is 3.36. The van der Waals surface area contributed by atoms with Crippen molar-refractivity contribution in [2.45, 2.75) is 25.3 Å². The van der Waals surface area contributed by atoms with Gasteiger partial charge >= 0.3 is 0 Å². The van der Waals surface area contributed by atoms with Crippen molar-refractivity contribution in [3.05, 3.63) is 53.7 Å². The molecule has 0 N–H and O–H groups in total. The van der Waals surface area contributed by atoms with Crippen molar-refractivity contribution in [3.63, 3.8) is 0 Å². The van der Waals surface area contributed by atoms with Crippen molar-refractivity contribution < 1.29 is 0 Å². The maximum atomic E-state index is 5.95. The van der Waals surface area contributed by atoms with Crippen LogP contribution in [0.5, 0.6) is 0 Å². The molecule has 0 unspecified atom stereocenters. The summed E-state index contributed by atoms with van der Waals surface area (Å²) in [6.07, 6.45) is 9.42. The molecular weight excluding hydrogens is 338 g/mol. The number of hydrogen-bond donors (Lipinski definition) is 0. The van der Waals surface area contributed by atoms with Crippen LogP contribution in [-0.4, -0.2) is 42.4 Å². The average Bonchev–Trinajstić information content (AvgIpc) is 3.27. The Hall–Kier alpha value is -2.41. The number of aromatic nitrogens is 6. The zero-order valence-electron chi connectivity index (χ0n) is 14.1. The summed E-state index contributed by atoms with van der Waals surface area (Å²) in [4.78, 5) is 10.8. The van der Waals surface area contributed by atoms with Crippen LogP contribution in [0.25, 0.3) is 0 Å². The Morgan fingerprint density at radius 3 is 2.96 bits per heavy atom. The Kier molecular flexibility index (Phi) is 4.40. The lowest BCUT2D eigenvalue weighted by Crippen LogP contribution is -2.35. The van der Waals surface area contributed by atoms with E-state index in [1.54, 1.807) is 18.7 Å². The molecule has 25 heavy (non-hydrogen) atoms. The molecule has 1 aliphatic heterocycles. The molecule has 1 atom stereocenters. The van der Waals surface area contributed by atoms with Crippen LogP contribution in [0, 0.1) is 0 Å². The number of nitrogens with zero attached hydrogens (tertiary/aromatic N) is 7. The molecule has 8 heteroatoms. The van der Waals surface area contributed by atoms with Crippen LogP contribution in [-0.2, 0) is 13.6 Å². The van der Waals surface area contributed by atoms with Crippen LogP contribution in [0.4, 0.5) is 5.82 Å². The van der Waals surface area contributed by atoms with Crippen LogP contribution >= 0.6 is 11.6 Å². The summed E-state index contributed by atoms with van der Waals surface area (Å²) in [6, 6.07) is 3.87. The SMILES string of the molecule is Cn1c(Cn2ccnc2)nnc1[C@H]1CCCN(c2ccc(Cl)cn2)C1. The van der Waals surface area contributed by atoms with Gasteiger partial charge in [0.1, 0.15) is 11.6 Å². The first-order valence-corrected chi connectivity index (χ1v) is 8.79. The van der Waals surface area contributed by atoms with E-state index in [2.05, 4.69) is 29.6 Å². The van der Waals surface area contributed by atoms with Crippen LogP contribution in [0.1, 0.15) is 30.4 Å². The van der Waals surface area contributed by atoms with Gasteiger partial charge in [0, 0.05) is 44.6 Å². The Balaban J connectivity index is 1.51. The van der Waals surface area contributed by atoms with Crippen LogP contribution in [0.3, 0.4) is 0 Å². The van der Waals surface area contributed by atoms with Crippen molar-refractivity contribution in [1.82, 2.24) is 29.3 Å². The molecule has 0 aromatic carbocycles. The van der Waals surface area contributed by atoms with E-state index in [0.717, 1.165) is 43.4 Å². The highest BCUT2D eigenvalue weighted by atomic mass is 35.5. The van der Waals surface area contributed by atoms with Crippen LogP contribution < -0.4 is 4.90 Å². The van der Waals surface area contributed by atoms with Gasteiger partial charge in [0.05, 0.1) is 17.9 Å². The molecule has 1 fully saturated rings. The van der Waals surface area contributed by atoms with Crippen molar-refractivity contribution in [2.24, 2.45) is 7.05 Å². The normalized spacial score (nSPS) is 17.8. The third-order valence-corrected chi connectivity index (χ3v) is 4.93. The standard InChI is InChI=1S/C17H20ClN7/c1-23-16(11-24-8-6-19-12-24)21-22-17(23)13-3-2-7-25(10-13)15-5-4-14(18)9-20-15/h4-6,8-9,12-13H,2-3,7,10-11H2,1H3/t13-/m0/s1. The summed E-state index contributed by atoms with van der Waals surface area (Å²) in [7, 11) is 2.04. The summed E-state index contributed by atoms with van der Waals surface area (Å²) in [5, 5.41) is 9.52. The summed E-state index contributed by atoms with van der Waals surface area (Å²) < 4.78 is 4.11. The Bertz CT molecular complexity index is 825. The molecule has 0 spiro atoms. The van der Waals surface area contributed by atoms with E-state index < -0.39 is 0 Å². The van der Waals surface area contributed by atoms with Gasteiger partial charge < -0.3 is 14.0 Å². The Morgan fingerprint density at radius 2 is 2.20 bits per heavy atom. The number of halogens is 1. The van der Waals surface area contributed by atoms with Gasteiger partial charge in [-0.25, -0.2) is 9.97 Å². The minimum absolute atomic E-state index is 0.347. The van der Waals surface area contributed by atoms with Crippen molar-refractivity contribution in [2.75, 3.05) is 18.0 Å². The van der Waals surface area contributed by atoms with Crippen molar-refractivity contribution >= 4 is 17.4 Å². The number of imidazole rings is 1. The molecule has 0 radical (unpaired) electrons. The summed E-state index contributed by atoms with van der Waals surface area (Å²) >= 11 is 5.95. The second-order valence-electron chi connectivity index (χ2n) is 6.39. The van der Waals surface area contributed by atoms with Gasteiger partial charge in [-0.2, -0.15) is 0 Å². The molecule has 0 aliphatic carbocycles. The molecule has 4 heterocycles. The van der Waals surface area contributed by atoms with Gasteiger partial charge in [-0.05, 0) is 25.0 Å². The Labute approximate surface area is 151 Å². The molecule has 7 nitrogen and oxygen atoms in total. The van der Waals surface area contributed by atoms with Gasteiger partial charge in [-0.3, -0.25) is 0 Å². The number of piperidine rings is 1. The first-order valence-electron chi connectivity index (χ1n) is 8.41. The molecule has 4 rings (SSSR count). The third-order valence-electron chi connectivity index (χ3n) is 4.70. The van der Waals surface area contributed by atoms with Gasteiger partial charge in [0.25, 0.3) is 0 Å². The van der Waals surface area contributed by atoms with E-state index in [9.17, 15) is 0 Å². The summed E-state index contributed by atoms with van der Waals surface area (Å²) in [5.41, 5.74) is 0. The van der Waals surface area contributed by atoms with E-state index in [1.807, 2.05) is 29.9 Å². The molecule has 3 aromatic rings. The highest BCUT2D eigenvalue weighted by Crippen LogP contribution is 2.28. The number of pyridine rings is 1. The van der Waals surface area contributed by atoms with Gasteiger partial charge in [0.2, 0.25) is 0 Å². The van der Waals surface area contributed by atoms with E-state index in [1.165, 1.54) is 0 Å². The van der Waals surface area contributed by atoms with E-state index >= 15 is 0 Å². The van der Waals surface area contributed by atoms with E-state index in [0.29, 0.717) is 17.5 Å². The molecule has 1 aliphatic rings. The lowest BCUT2D eigenvalue weighted by molar-refractivity contribution is 0.476. The van der Waals surface area contributed by atoms with Gasteiger partial charge in [-0.15, -0.1) is 10.2 Å². The zero-order valence-corrected chi connectivity index (χ0v) is 14.8. The predicted molar refractivity (Wildman–Crippen MR) is 95.8 cm³/mol. The average molecular weight is 358 g/mol. The van der Waals surface area contributed by atoms with Gasteiger partial charge in [-0.1, -0.05) is 11.6 Å². The zero-order chi connectivity index (χ0) is 17.2. The second kappa shape index (κ2) is 6.84. The van der Waals surface area contributed by atoms with Crippen LogP contribution in [0.15, 0.2) is 37.1 Å². The van der Waals surface area contributed by atoms with Crippen molar-refractivity contribution in [3.8, 4) is 0 Å². The maximum absolute atomic E-state index is 5.95. The summed E-state index contributed by atoms with van der Waals surface area (Å²) in [5.74, 6) is 3.29. The fourth-order valence-corrected chi connectivity index (χ4v) is 3.47. The first-order chi connectivity index (χ1) is 12.2. The molecule has 1 saturated heterocycles. The van der Waals surface area contributed by atoms with Crippen LogP contribution in [0.2, 0.25) is 5.02 Å². The number of anilines is 1. The monoisotopic (exact) mass is 357 g/mol. The fraction of sp³-hybridized carbons (Fsp3) is 0.412. The minimum Gasteiger partial charge on any atom is -0.356 e. The molecular formula is C17H20ClN7. The van der Waals surface area contributed by atoms with E-state index in [-0.39, 0.29) is 0 Å². The molecule has 0 amide bonds. The topological polar surface area (TPSA) is 64.7 Å². The molecule has 130 valence electrons. The Morgan fingerprint density at radius 1 is 1.28 bits per heavy atom. The molecule has 0 bridgehead atoms. The largest absolute Gasteiger partial charge is 0.356 e. The maximum Gasteiger partial charge on any atom is 0.152 e. The second-order valence-corrected chi connectivity index (χ2v) is 6.82. The molecule has 3 aromatic heterocycles. The lowest BCUT2D eigenvalue weighted by Gasteiger charge is -2.33. The third kappa shape index (κ3) is 3.37. The molecule has 0 saturated carbocycles. The quantitative estimate of drug-likeness (QED) is 0.717. The predicted octanol–water partition coefficient (Wildman–Crippen LogP) is 2.49.